The van der Waals surface area contributed by atoms with Gasteiger partial charge in [-0.3, -0.25) is 0 Å². The fourth-order valence-corrected chi connectivity index (χ4v) is 2.67. The number of halogens is 2. The monoisotopic (exact) mass is 311 g/mol. The van der Waals surface area contributed by atoms with Crippen molar-refractivity contribution in [3.8, 4) is 11.8 Å². The first-order chi connectivity index (χ1) is 9.42. The van der Waals surface area contributed by atoms with Gasteiger partial charge in [-0.05, 0) is 30.3 Å². The molecule has 2 rings (SSSR count). The topological polar surface area (TPSA) is 67.2 Å². The third kappa shape index (κ3) is 3.07. The van der Waals surface area contributed by atoms with Gasteiger partial charge in [-0.15, -0.1) is 0 Å². The Morgan fingerprint density at radius 2 is 1.95 bits per heavy atom. The molecule has 0 bridgehead atoms. The quantitative estimate of drug-likeness (QED) is 0.817. The zero-order chi connectivity index (χ0) is 14.8. The fraction of sp³-hybridized carbons (Fsp3) is 0. The predicted molar refractivity (Wildman–Crippen MR) is 70.4 cm³/mol. The SMILES string of the molecule is N#Cc1ccc(S(=O)(=O)Oc2cccc(F)c2)cc1Cl. The maximum absolute atomic E-state index is 13.0. The van der Waals surface area contributed by atoms with E-state index < -0.39 is 15.9 Å². The van der Waals surface area contributed by atoms with E-state index in [1.165, 1.54) is 24.3 Å². The summed E-state index contributed by atoms with van der Waals surface area (Å²) in [4.78, 5) is -0.217. The Hall–Kier alpha value is -2.10. The van der Waals surface area contributed by atoms with Crippen LogP contribution in [-0.4, -0.2) is 8.42 Å². The second kappa shape index (κ2) is 5.49. The molecule has 2 aromatic rings. The van der Waals surface area contributed by atoms with Crippen molar-refractivity contribution in [3.63, 3.8) is 0 Å². The molecule has 0 aliphatic rings. The lowest BCUT2D eigenvalue weighted by atomic mass is 10.2. The van der Waals surface area contributed by atoms with Crippen LogP contribution in [0.25, 0.3) is 0 Å². The van der Waals surface area contributed by atoms with Crippen molar-refractivity contribution in [1.29, 1.82) is 5.26 Å². The number of benzene rings is 2. The van der Waals surface area contributed by atoms with Gasteiger partial charge in [0.1, 0.15) is 22.5 Å². The van der Waals surface area contributed by atoms with Crippen LogP contribution in [0, 0.1) is 17.1 Å². The van der Waals surface area contributed by atoms with Crippen LogP contribution in [0.3, 0.4) is 0 Å². The molecule has 7 heteroatoms. The highest BCUT2D eigenvalue weighted by atomic mass is 35.5. The summed E-state index contributed by atoms with van der Waals surface area (Å²) in [6.07, 6.45) is 0. The predicted octanol–water partition coefficient (Wildman–Crippen LogP) is 3.12. The fourth-order valence-electron chi connectivity index (χ4n) is 1.44. The molecule has 0 amide bonds. The number of hydrogen-bond donors (Lipinski definition) is 0. The summed E-state index contributed by atoms with van der Waals surface area (Å²) in [6.45, 7) is 0. The molecule has 0 aliphatic heterocycles. The van der Waals surface area contributed by atoms with Crippen LogP contribution in [0.5, 0.6) is 5.75 Å². The summed E-state index contributed by atoms with van der Waals surface area (Å²) < 4.78 is 41.7. The van der Waals surface area contributed by atoms with Gasteiger partial charge in [0.05, 0.1) is 10.6 Å². The maximum atomic E-state index is 13.0. The molecule has 2 aromatic carbocycles. The molecule has 0 radical (unpaired) electrons. The Bertz CT molecular complexity index is 800. The molecule has 0 aromatic heterocycles. The first-order valence-electron chi connectivity index (χ1n) is 5.32. The summed E-state index contributed by atoms with van der Waals surface area (Å²) in [5.41, 5.74) is 0.149. The highest BCUT2D eigenvalue weighted by molar-refractivity contribution is 7.87. The third-order valence-corrected chi connectivity index (χ3v) is 3.91. The van der Waals surface area contributed by atoms with Crippen LogP contribution in [0.4, 0.5) is 4.39 Å². The summed E-state index contributed by atoms with van der Waals surface area (Å²) in [5.74, 6) is -0.763. The molecule has 4 nitrogen and oxygen atoms in total. The summed E-state index contributed by atoms with van der Waals surface area (Å²) in [7, 11) is -4.14. The van der Waals surface area contributed by atoms with E-state index in [-0.39, 0.29) is 21.2 Å². The first kappa shape index (κ1) is 14.3. The van der Waals surface area contributed by atoms with Crippen molar-refractivity contribution < 1.29 is 17.0 Å². The average molecular weight is 312 g/mol. The largest absolute Gasteiger partial charge is 0.379 e. The van der Waals surface area contributed by atoms with Gasteiger partial charge in [0.25, 0.3) is 0 Å². The molecule has 0 heterocycles. The van der Waals surface area contributed by atoms with Gasteiger partial charge in [0, 0.05) is 6.07 Å². The van der Waals surface area contributed by atoms with Crippen LogP contribution in [-0.2, 0) is 10.1 Å². The Balaban J connectivity index is 2.36. The van der Waals surface area contributed by atoms with Gasteiger partial charge in [0.2, 0.25) is 0 Å². The highest BCUT2D eigenvalue weighted by Gasteiger charge is 2.18. The molecule has 0 N–H and O–H groups in total. The number of nitriles is 1. The second-order valence-electron chi connectivity index (χ2n) is 3.75. The van der Waals surface area contributed by atoms with Crippen LogP contribution in [0.15, 0.2) is 47.4 Å². The van der Waals surface area contributed by atoms with Gasteiger partial charge in [-0.2, -0.15) is 13.7 Å². The lowest BCUT2D eigenvalue weighted by molar-refractivity contribution is 0.483. The molecular formula is C13H7ClFNO3S. The smallest absolute Gasteiger partial charge is 0.339 e. The molecule has 0 aliphatic carbocycles. The van der Waals surface area contributed by atoms with Crippen molar-refractivity contribution >= 4 is 21.7 Å². The van der Waals surface area contributed by atoms with E-state index >= 15 is 0 Å². The number of nitrogens with zero attached hydrogens (tertiary/aromatic N) is 1. The maximum Gasteiger partial charge on any atom is 0.339 e. The summed E-state index contributed by atoms with van der Waals surface area (Å²) >= 11 is 5.76. The van der Waals surface area contributed by atoms with E-state index in [1.54, 1.807) is 0 Å². The molecule has 0 saturated carbocycles. The van der Waals surface area contributed by atoms with E-state index in [4.69, 9.17) is 21.0 Å². The van der Waals surface area contributed by atoms with Crippen molar-refractivity contribution in [1.82, 2.24) is 0 Å². The van der Waals surface area contributed by atoms with Crippen molar-refractivity contribution in [2.75, 3.05) is 0 Å². The minimum absolute atomic E-state index is 0.00332. The highest BCUT2D eigenvalue weighted by Crippen LogP contribution is 2.23. The number of hydrogen-bond acceptors (Lipinski definition) is 4. The van der Waals surface area contributed by atoms with Crippen molar-refractivity contribution in [2.24, 2.45) is 0 Å². The van der Waals surface area contributed by atoms with Gasteiger partial charge in [-0.1, -0.05) is 17.7 Å². The molecule has 0 atom stereocenters. The first-order valence-corrected chi connectivity index (χ1v) is 7.11. The number of rotatable bonds is 3. The molecule has 102 valence electrons. The normalized spacial score (nSPS) is 10.8. The van der Waals surface area contributed by atoms with Gasteiger partial charge in [0.15, 0.2) is 0 Å². The molecule has 0 spiro atoms. The summed E-state index contributed by atoms with van der Waals surface area (Å²) in [6, 6.07) is 10.1. The van der Waals surface area contributed by atoms with E-state index in [0.717, 1.165) is 18.2 Å². The second-order valence-corrected chi connectivity index (χ2v) is 5.70. The van der Waals surface area contributed by atoms with Crippen molar-refractivity contribution in [2.45, 2.75) is 4.90 Å². The third-order valence-electron chi connectivity index (χ3n) is 2.35. The lowest BCUT2D eigenvalue weighted by Gasteiger charge is -2.07. The van der Waals surface area contributed by atoms with E-state index in [0.29, 0.717) is 0 Å². The van der Waals surface area contributed by atoms with E-state index in [9.17, 15) is 12.8 Å². The summed E-state index contributed by atoms with van der Waals surface area (Å²) in [5, 5.41) is 8.72. The molecule has 20 heavy (non-hydrogen) atoms. The van der Waals surface area contributed by atoms with Crippen molar-refractivity contribution in [3.05, 3.63) is 58.9 Å². The zero-order valence-corrected chi connectivity index (χ0v) is 11.5. The van der Waals surface area contributed by atoms with Gasteiger partial charge >= 0.3 is 10.1 Å². The Morgan fingerprint density at radius 3 is 2.55 bits per heavy atom. The van der Waals surface area contributed by atoms with E-state index in [1.807, 2.05) is 6.07 Å². The molecule has 0 unspecified atom stereocenters. The van der Waals surface area contributed by atoms with E-state index in [2.05, 4.69) is 0 Å². The van der Waals surface area contributed by atoms with Gasteiger partial charge in [-0.25, -0.2) is 4.39 Å². The zero-order valence-electron chi connectivity index (χ0n) is 9.88. The minimum atomic E-state index is -4.14. The van der Waals surface area contributed by atoms with Crippen LogP contribution < -0.4 is 4.18 Å². The molecular weight excluding hydrogens is 305 g/mol. The lowest BCUT2D eigenvalue weighted by Crippen LogP contribution is -2.10. The van der Waals surface area contributed by atoms with Crippen LogP contribution in [0.1, 0.15) is 5.56 Å². The average Bonchev–Trinajstić information content (AvgIpc) is 2.38. The Kier molecular flexibility index (Phi) is 3.93. The molecule has 0 fully saturated rings. The Morgan fingerprint density at radius 1 is 1.20 bits per heavy atom. The van der Waals surface area contributed by atoms with Crippen LogP contribution in [0.2, 0.25) is 5.02 Å². The molecule has 0 saturated heterocycles. The standard InChI is InChI=1S/C13H7ClFNO3S/c14-13-7-12(5-4-9(13)8-16)20(17,18)19-11-3-1-2-10(15)6-11/h1-7H. The van der Waals surface area contributed by atoms with Gasteiger partial charge < -0.3 is 4.18 Å². The Labute approximate surface area is 120 Å². The van der Waals surface area contributed by atoms with Crippen LogP contribution >= 0.6 is 11.6 Å². The minimum Gasteiger partial charge on any atom is -0.379 e.